The molecular weight excluding hydrogens is 462 g/mol. The predicted molar refractivity (Wildman–Crippen MR) is 149 cm³/mol. The summed E-state index contributed by atoms with van der Waals surface area (Å²) in [5.74, 6) is 2.44. The van der Waals surface area contributed by atoms with Crippen LogP contribution in [0.3, 0.4) is 0 Å². The van der Waals surface area contributed by atoms with Gasteiger partial charge in [-0.15, -0.1) is 0 Å². The van der Waals surface area contributed by atoms with E-state index in [1.165, 1.54) is 16.6 Å². The van der Waals surface area contributed by atoms with E-state index in [9.17, 15) is 0 Å². The molecule has 0 radical (unpaired) electrons. The summed E-state index contributed by atoms with van der Waals surface area (Å²) >= 11 is 0. The molecule has 1 unspecified atom stereocenters. The van der Waals surface area contributed by atoms with Crippen LogP contribution >= 0.6 is 0 Å². The van der Waals surface area contributed by atoms with Crippen LogP contribution < -0.4 is 19.5 Å². The number of nitrogens with one attached hydrogen (secondary N) is 2. The average molecular weight is 500 g/mol. The molecular formula is C31H37N3O3. The quantitative estimate of drug-likeness (QED) is 0.277. The van der Waals surface area contributed by atoms with E-state index in [0.717, 1.165) is 66.5 Å². The van der Waals surface area contributed by atoms with Gasteiger partial charge in [-0.05, 0) is 66.5 Å². The lowest BCUT2D eigenvalue weighted by atomic mass is 9.94. The van der Waals surface area contributed by atoms with Gasteiger partial charge in [0, 0.05) is 29.7 Å². The Morgan fingerprint density at radius 1 is 0.919 bits per heavy atom. The first-order chi connectivity index (χ1) is 18.2. The summed E-state index contributed by atoms with van der Waals surface area (Å²) in [5, 5.41) is 4.92. The van der Waals surface area contributed by atoms with Crippen molar-refractivity contribution < 1.29 is 14.2 Å². The number of aromatic amines is 1. The van der Waals surface area contributed by atoms with Crippen LogP contribution in [0.4, 0.5) is 0 Å². The molecule has 6 heteroatoms. The number of H-pyrrole nitrogens is 1. The molecule has 2 heterocycles. The number of hydrogen-bond acceptors (Lipinski definition) is 5. The van der Waals surface area contributed by atoms with E-state index in [1.54, 1.807) is 7.11 Å². The SMILES string of the molecule is CCN(CC)CCOc1ccc(C2NCCc3c2[nH]c2ccc(OCc4ccccc4)cc32)cc1OC. The van der Waals surface area contributed by atoms with Crippen molar-refractivity contribution >= 4 is 10.9 Å². The molecule has 0 saturated carbocycles. The number of likely N-dealkylation sites (N-methyl/N-ethyl adjacent to an activating group) is 1. The normalized spacial score (nSPS) is 15.1. The Balaban J connectivity index is 1.35. The van der Waals surface area contributed by atoms with Crippen molar-refractivity contribution in [3.8, 4) is 17.2 Å². The molecule has 5 rings (SSSR count). The van der Waals surface area contributed by atoms with Crippen molar-refractivity contribution in [1.82, 2.24) is 15.2 Å². The van der Waals surface area contributed by atoms with Crippen molar-refractivity contribution in [3.05, 3.63) is 89.1 Å². The molecule has 194 valence electrons. The van der Waals surface area contributed by atoms with Gasteiger partial charge in [0.1, 0.15) is 19.0 Å². The summed E-state index contributed by atoms with van der Waals surface area (Å²) in [6.07, 6.45) is 0.970. The first kappa shape index (κ1) is 25.2. The summed E-state index contributed by atoms with van der Waals surface area (Å²) in [4.78, 5) is 6.03. The lowest BCUT2D eigenvalue weighted by molar-refractivity contribution is 0.217. The molecule has 4 aromatic rings. The zero-order valence-corrected chi connectivity index (χ0v) is 22.0. The standard InChI is InChI=1S/C31H37N3O3/c1-4-34(5-2)17-18-36-28-14-11-23(19-29(28)35-3)30-31-25(15-16-32-30)26-20-24(12-13-27(26)33-31)37-21-22-9-7-6-8-10-22/h6-14,19-20,30,32-33H,4-5,15-18,21H2,1-3H3. The number of hydrogen-bond donors (Lipinski definition) is 2. The second-order valence-corrected chi connectivity index (χ2v) is 9.42. The minimum absolute atomic E-state index is 0.0588. The van der Waals surface area contributed by atoms with Gasteiger partial charge in [-0.25, -0.2) is 0 Å². The highest BCUT2D eigenvalue weighted by Gasteiger charge is 2.26. The molecule has 0 spiro atoms. The molecule has 0 bridgehead atoms. The topological polar surface area (TPSA) is 58.8 Å². The Bertz CT molecular complexity index is 1310. The molecule has 1 aromatic heterocycles. The smallest absolute Gasteiger partial charge is 0.161 e. The fourth-order valence-corrected chi connectivity index (χ4v) is 5.13. The third-order valence-electron chi connectivity index (χ3n) is 7.25. The monoisotopic (exact) mass is 499 g/mol. The fourth-order valence-electron chi connectivity index (χ4n) is 5.13. The molecule has 1 atom stereocenters. The number of benzene rings is 3. The fraction of sp³-hybridized carbons (Fsp3) is 0.355. The number of rotatable bonds is 11. The van der Waals surface area contributed by atoms with E-state index in [2.05, 4.69) is 65.4 Å². The maximum absolute atomic E-state index is 6.11. The van der Waals surface area contributed by atoms with Gasteiger partial charge in [-0.2, -0.15) is 0 Å². The Morgan fingerprint density at radius 2 is 1.76 bits per heavy atom. The van der Waals surface area contributed by atoms with Crippen LogP contribution in [0.15, 0.2) is 66.7 Å². The Morgan fingerprint density at radius 3 is 2.54 bits per heavy atom. The molecule has 0 aliphatic carbocycles. The Hall–Kier alpha value is -3.48. The zero-order chi connectivity index (χ0) is 25.6. The second-order valence-electron chi connectivity index (χ2n) is 9.42. The van der Waals surface area contributed by atoms with E-state index in [0.29, 0.717) is 13.2 Å². The Kier molecular flexibility index (Phi) is 7.97. The Labute approximate surface area is 219 Å². The molecule has 1 aliphatic heterocycles. The minimum atomic E-state index is 0.0588. The highest BCUT2D eigenvalue weighted by Crippen LogP contribution is 2.38. The highest BCUT2D eigenvalue weighted by molar-refractivity contribution is 5.86. The third-order valence-corrected chi connectivity index (χ3v) is 7.25. The first-order valence-corrected chi connectivity index (χ1v) is 13.3. The molecule has 3 aromatic carbocycles. The average Bonchev–Trinajstić information content (AvgIpc) is 3.33. The van der Waals surface area contributed by atoms with Crippen molar-refractivity contribution in [2.45, 2.75) is 32.9 Å². The van der Waals surface area contributed by atoms with Crippen molar-refractivity contribution in [1.29, 1.82) is 0 Å². The van der Waals surface area contributed by atoms with Crippen LogP contribution in [0.5, 0.6) is 17.2 Å². The van der Waals surface area contributed by atoms with Crippen molar-refractivity contribution in [3.63, 3.8) is 0 Å². The van der Waals surface area contributed by atoms with Gasteiger partial charge < -0.3 is 29.4 Å². The van der Waals surface area contributed by atoms with Gasteiger partial charge in [0.05, 0.1) is 13.2 Å². The van der Waals surface area contributed by atoms with E-state index < -0.39 is 0 Å². The van der Waals surface area contributed by atoms with Crippen LogP contribution in [0.2, 0.25) is 0 Å². The molecule has 0 fully saturated rings. The van der Waals surface area contributed by atoms with Crippen molar-refractivity contribution in [2.75, 3.05) is 39.9 Å². The number of aromatic nitrogens is 1. The molecule has 2 N–H and O–H groups in total. The van der Waals surface area contributed by atoms with Gasteiger partial charge in [-0.1, -0.05) is 50.2 Å². The van der Waals surface area contributed by atoms with Crippen LogP contribution in [0.1, 0.15) is 42.3 Å². The van der Waals surface area contributed by atoms with Crippen LogP contribution in [0, 0.1) is 0 Å². The van der Waals surface area contributed by atoms with E-state index in [-0.39, 0.29) is 6.04 Å². The predicted octanol–water partition coefficient (Wildman–Crippen LogP) is 5.71. The lowest BCUT2D eigenvalue weighted by Gasteiger charge is -2.25. The summed E-state index contributed by atoms with van der Waals surface area (Å²) in [7, 11) is 1.70. The number of methoxy groups -OCH3 is 1. The molecule has 37 heavy (non-hydrogen) atoms. The van der Waals surface area contributed by atoms with Crippen LogP contribution in [-0.2, 0) is 13.0 Å². The van der Waals surface area contributed by atoms with E-state index >= 15 is 0 Å². The van der Waals surface area contributed by atoms with Gasteiger partial charge in [0.25, 0.3) is 0 Å². The summed E-state index contributed by atoms with van der Waals surface area (Å²) in [5.41, 5.74) is 6.01. The first-order valence-electron chi connectivity index (χ1n) is 13.3. The van der Waals surface area contributed by atoms with Crippen LogP contribution in [-0.4, -0.2) is 49.8 Å². The zero-order valence-electron chi connectivity index (χ0n) is 22.0. The second kappa shape index (κ2) is 11.7. The van der Waals surface area contributed by atoms with Gasteiger partial charge >= 0.3 is 0 Å². The summed E-state index contributed by atoms with van der Waals surface area (Å²) < 4.78 is 17.9. The van der Waals surface area contributed by atoms with Gasteiger partial charge in [-0.3, -0.25) is 0 Å². The largest absolute Gasteiger partial charge is 0.493 e. The maximum Gasteiger partial charge on any atom is 0.161 e. The van der Waals surface area contributed by atoms with Crippen LogP contribution in [0.25, 0.3) is 10.9 Å². The number of fused-ring (bicyclic) bond motifs is 3. The lowest BCUT2D eigenvalue weighted by Crippen LogP contribution is -2.30. The number of ether oxygens (including phenoxy) is 3. The van der Waals surface area contributed by atoms with Gasteiger partial charge in [0.15, 0.2) is 11.5 Å². The molecule has 0 saturated heterocycles. The highest BCUT2D eigenvalue weighted by atomic mass is 16.5. The molecule has 0 amide bonds. The minimum Gasteiger partial charge on any atom is -0.493 e. The van der Waals surface area contributed by atoms with Gasteiger partial charge in [0.2, 0.25) is 0 Å². The molecule has 1 aliphatic rings. The number of nitrogens with zero attached hydrogens (tertiary/aromatic N) is 1. The molecule has 6 nitrogen and oxygen atoms in total. The van der Waals surface area contributed by atoms with E-state index in [4.69, 9.17) is 14.2 Å². The van der Waals surface area contributed by atoms with E-state index in [1.807, 2.05) is 30.3 Å². The summed E-state index contributed by atoms with van der Waals surface area (Å²) in [6.45, 7) is 9.40. The summed E-state index contributed by atoms with van der Waals surface area (Å²) in [6, 6.07) is 22.9. The maximum atomic E-state index is 6.11. The third kappa shape index (κ3) is 5.60. The van der Waals surface area contributed by atoms with Crippen molar-refractivity contribution in [2.24, 2.45) is 0 Å².